The number of hydrogen-bond donors (Lipinski definition) is 3. The number of rotatable bonds is 4. The number of benzene rings is 1. The molecule has 23 heavy (non-hydrogen) atoms. The average Bonchev–Trinajstić information content (AvgIpc) is 2.37. The van der Waals surface area contributed by atoms with Gasteiger partial charge in [0.05, 0.1) is 10.6 Å². The molecule has 0 radical (unpaired) electrons. The van der Waals surface area contributed by atoms with Crippen LogP contribution in [0.5, 0.6) is 0 Å². The number of carbonyl (C=O) groups is 1. The maximum absolute atomic E-state index is 11.3. The van der Waals surface area contributed by atoms with Crippen LogP contribution >= 0.6 is 0 Å². The van der Waals surface area contributed by atoms with Gasteiger partial charge in [0.15, 0.2) is 0 Å². The Hall–Kier alpha value is -2.31. The summed E-state index contributed by atoms with van der Waals surface area (Å²) in [5.74, 6) is 0.559. The standard InChI is InChI=1S/C16H23N3O4/c1-10-6-12(9-16(2,3)8-10)17-13-5-4-11(18-15(20)21)7-14(13)19(22)23/h4-5,7,10,12,17-18H,6,8-9H2,1-3H3,(H,20,21)/t10-,12-/m0/s1. The van der Waals surface area contributed by atoms with E-state index in [1.165, 1.54) is 12.1 Å². The third kappa shape index (κ3) is 4.58. The van der Waals surface area contributed by atoms with Crippen LogP contribution < -0.4 is 10.6 Å². The van der Waals surface area contributed by atoms with Gasteiger partial charge in [-0.1, -0.05) is 20.8 Å². The summed E-state index contributed by atoms with van der Waals surface area (Å²) in [6.45, 7) is 6.63. The molecule has 1 aromatic carbocycles. The van der Waals surface area contributed by atoms with E-state index in [2.05, 4.69) is 31.4 Å². The average molecular weight is 321 g/mol. The Balaban J connectivity index is 2.21. The number of anilines is 2. The molecule has 126 valence electrons. The molecule has 7 heteroatoms. The fourth-order valence-corrected chi connectivity index (χ4v) is 3.68. The second-order valence-corrected chi connectivity index (χ2v) is 7.17. The highest BCUT2D eigenvalue weighted by Crippen LogP contribution is 2.40. The van der Waals surface area contributed by atoms with Crippen LogP contribution in [-0.4, -0.2) is 22.2 Å². The predicted octanol–water partition coefficient (Wildman–Crippen LogP) is 4.31. The van der Waals surface area contributed by atoms with Gasteiger partial charge in [-0.15, -0.1) is 0 Å². The summed E-state index contributed by atoms with van der Waals surface area (Å²) in [7, 11) is 0. The van der Waals surface area contributed by atoms with Crippen LogP contribution in [0.1, 0.15) is 40.0 Å². The molecule has 3 N–H and O–H groups in total. The zero-order valence-electron chi connectivity index (χ0n) is 13.6. The molecule has 0 spiro atoms. The summed E-state index contributed by atoms with van der Waals surface area (Å²) in [5.41, 5.74) is 0.703. The lowest BCUT2D eigenvalue weighted by Crippen LogP contribution is -2.35. The topological polar surface area (TPSA) is 104 Å². The quantitative estimate of drug-likeness (QED) is 0.566. The van der Waals surface area contributed by atoms with Crippen LogP contribution in [-0.2, 0) is 0 Å². The van der Waals surface area contributed by atoms with E-state index >= 15 is 0 Å². The van der Waals surface area contributed by atoms with Gasteiger partial charge in [0.25, 0.3) is 5.69 Å². The summed E-state index contributed by atoms with van der Waals surface area (Å²) in [4.78, 5) is 21.5. The first-order valence-corrected chi connectivity index (χ1v) is 7.71. The van der Waals surface area contributed by atoms with E-state index in [9.17, 15) is 14.9 Å². The molecule has 0 aliphatic heterocycles. The maximum atomic E-state index is 11.3. The van der Waals surface area contributed by atoms with Crippen LogP contribution in [0.15, 0.2) is 18.2 Å². The normalized spacial score (nSPS) is 23.1. The van der Waals surface area contributed by atoms with Crippen molar-refractivity contribution in [1.29, 1.82) is 0 Å². The summed E-state index contributed by atoms with van der Waals surface area (Å²) >= 11 is 0. The van der Waals surface area contributed by atoms with Crippen molar-refractivity contribution in [3.8, 4) is 0 Å². The maximum Gasteiger partial charge on any atom is 0.409 e. The van der Waals surface area contributed by atoms with Crippen molar-refractivity contribution in [3.05, 3.63) is 28.3 Å². The van der Waals surface area contributed by atoms with Gasteiger partial charge in [-0.2, -0.15) is 0 Å². The van der Waals surface area contributed by atoms with Crippen LogP contribution in [0, 0.1) is 21.4 Å². The molecule has 2 atom stereocenters. The lowest BCUT2D eigenvalue weighted by Gasteiger charge is -2.39. The monoisotopic (exact) mass is 321 g/mol. The molecule has 1 saturated carbocycles. The van der Waals surface area contributed by atoms with Crippen molar-refractivity contribution >= 4 is 23.2 Å². The van der Waals surface area contributed by atoms with Gasteiger partial charge in [-0.3, -0.25) is 15.4 Å². The number of carboxylic acid groups (broad SMARTS) is 1. The summed E-state index contributed by atoms with van der Waals surface area (Å²) < 4.78 is 0. The van der Waals surface area contributed by atoms with E-state index < -0.39 is 11.0 Å². The Morgan fingerprint density at radius 1 is 1.39 bits per heavy atom. The van der Waals surface area contributed by atoms with Crippen LogP contribution in [0.4, 0.5) is 21.9 Å². The van der Waals surface area contributed by atoms with Gasteiger partial charge >= 0.3 is 6.09 Å². The SMILES string of the molecule is C[C@H]1C[C@H](Nc2ccc(NC(=O)O)cc2[N+](=O)[O-])CC(C)(C)C1. The van der Waals surface area contributed by atoms with E-state index in [0.29, 0.717) is 11.6 Å². The summed E-state index contributed by atoms with van der Waals surface area (Å²) in [6.07, 6.45) is 1.82. The van der Waals surface area contributed by atoms with E-state index in [1.54, 1.807) is 6.07 Å². The van der Waals surface area contributed by atoms with E-state index in [1.807, 2.05) is 0 Å². The highest BCUT2D eigenvalue weighted by Gasteiger charge is 2.32. The molecule has 0 aromatic heterocycles. The smallest absolute Gasteiger partial charge is 0.409 e. The Bertz CT molecular complexity index is 615. The van der Waals surface area contributed by atoms with Crippen molar-refractivity contribution in [1.82, 2.24) is 0 Å². The number of nitrogens with zero attached hydrogens (tertiary/aromatic N) is 1. The van der Waals surface area contributed by atoms with Gasteiger partial charge in [-0.25, -0.2) is 4.79 Å². The minimum Gasteiger partial charge on any atom is -0.465 e. The highest BCUT2D eigenvalue weighted by atomic mass is 16.6. The molecule has 0 saturated heterocycles. The first-order valence-electron chi connectivity index (χ1n) is 7.71. The molecular weight excluding hydrogens is 298 g/mol. The lowest BCUT2D eigenvalue weighted by molar-refractivity contribution is -0.383. The molecule has 1 amide bonds. The molecule has 0 heterocycles. The predicted molar refractivity (Wildman–Crippen MR) is 89.0 cm³/mol. The van der Waals surface area contributed by atoms with E-state index in [4.69, 9.17) is 5.11 Å². The van der Waals surface area contributed by atoms with Gasteiger partial charge in [0, 0.05) is 12.1 Å². The largest absolute Gasteiger partial charge is 0.465 e. The minimum absolute atomic E-state index is 0.118. The van der Waals surface area contributed by atoms with Crippen molar-refractivity contribution in [2.75, 3.05) is 10.6 Å². The molecule has 0 bridgehead atoms. The molecule has 7 nitrogen and oxygen atoms in total. The molecule has 1 aromatic rings. The summed E-state index contributed by atoms with van der Waals surface area (Å²) in [5, 5.41) is 25.4. The fourth-order valence-electron chi connectivity index (χ4n) is 3.68. The van der Waals surface area contributed by atoms with Crippen molar-refractivity contribution in [2.45, 2.75) is 46.1 Å². The third-order valence-corrected chi connectivity index (χ3v) is 4.19. The van der Waals surface area contributed by atoms with Crippen molar-refractivity contribution < 1.29 is 14.8 Å². The Labute approximate surface area is 135 Å². The second-order valence-electron chi connectivity index (χ2n) is 7.17. The molecule has 2 rings (SSSR count). The number of hydrogen-bond acceptors (Lipinski definition) is 4. The summed E-state index contributed by atoms with van der Waals surface area (Å²) in [6, 6.07) is 4.51. The number of nitro benzene ring substituents is 1. The third-order valence-electron chi connectivity index (χ3n) is 4.19. The van der Waals surface area contributed by atoms with E-state index in [-0.39, 0.29) is 22.8 Å². The van der Waals surface area contributed by atoms with Crippen LogP contribution in [0.25, 0.3) is 0 Å². The Kier molecular flexibility index (Phi) is 4.77. The Morgan fingerprint density at radius 3 is 2.65 bits per heavy atom. The molecule has 0 unspecified atom stereocenters. The fraction of sp³-hybridized carbons (Fsp3) is 0.562. The zero-order valence-corrected chi connectivity index (χ0v) is 13.6. The second kappa shape index (κ2) is 6.44. The van der Waals surface area contributed by atoms with Crippen LogP contribution in [0.2, 0.25) is 0 Å². The minimum atomic E-state index is -1.25. The van der Waals surface area contributed by atoms with Gasteiger partial charge in [-0.05, 0) is 42.7 Å². The Morgan fingerprint density at radius 2 is 2.09 bits per heavy atom. The first kappa shape index (κ1) is 17.1. The van der Waals surface area contributed by atoms with Gasteiger partial charge < -0.3 is 10.4 Å². The molecular formula is C16H23N3O4. The molecule has 1 aliphatic carbocycles. The van der Waals surface area contributed by atoms with Gasteiger partial charge in [0.1, 0.15) is 5.69 Å². The zero-order chi connectivity index (χ0) is 17.2. The lowest BCUT2D eigenvalue weighted by atomic mass is 9.70. The first-order chi connectivity index (χ1) is 10.7. The van der Waals surface area contributed by atoms with Crippen molar-refractivity contribution in [3.63, 3.8) is 0 Å². The number of nitro groups is 1. The molecule has 1 fully saturated rings. The number of amides is 1. The highest BCUT2D eigenvalue weighted by molar-refractivity contribution is 5.84. The van der Waals surface area contributed by atoms with Gasteiger partial charge in [0.2, 0.25) is 0 Å². The van der Waals surface area contributed by atoms with Crippen LogP contribution in [0.3, 0.4) is 0 Å². The van der Waals surface area contributed by atoms with Crippen molar-refractivity contribution in [2.24, 2.45) is 11.3 Å². The molecule has 1 aliphatic rings. The number of nitrogens with one attached hydrogen (secondary N) is 2. The van der Waals surface area contributed by atoms with E-state index in [0.717, 1.165) is 19.3 Å².